The van der Waals surface area contributed by atoms with Gasteiger partial charge in [0.2, 0.25) is 0 Å². The third kappa shape index (κ3) is 6.67. The van der Waals surface area contributed by atoms with E-state index in [-0.39, 0.29) is 13.2 Å². The van der Waals surface area contributed by atoms with Gasteiger partial charge in [-0.1, -0.05) is 49.9 Å². The first-order valence-corrected chi connectivity index (χ1v) is 12.1. The first-order valence-electron chi connectivity index (χ1n) is 11.4. The fraction of sp³-hybridized carbons (Fsp3) is 0.385. The van der Waals surface area contributed by atoms with Gasteiger partial charge in [-0.3, -0.25) is 0 Å². The summed E-state index contributed by atoms with van der Waals surface area (Å²) >= 11 is 12.6. The lowest BCUT2D eigenvalue weighted by molar-refractivity contribution is -0.146. The van der Waals surface area contributed by atoms with E-state index in [1.54, 1.807) is 36.4 Å². The molecule has 34 heavy (non-hydrogen) atoms. The molecule has 6 nitrogen and oxygen atoms in total. The van der Waals surface area contributed by atoms with Crippen LogP contribution in [0.1, 0.15) is 39.5 Å². The Labute approximate surface area is 209 Å². The second-order valence-corrected chi connectivity index (χ2v) is 8.64. The van der Waals surface area contributed by atoms with E-state index in [1.807, 2.05) is 13.8 Å². The van der Waals surface area contributed by atoms with Crippen LogP contribution in [0.15, 0.2) is 36.4 Å². The minimum atomic E-state index is -0.458. The van der Waals surface area contributed by atoms with Gasteiger partial charge in [0, 0.05) is 31.6 Å². The smallest absolute Gasteiger partial charge is 0.344 e. The second-order valence-electron chi connectivity index (χ2n) is 7.76. The van der Waals surface area contributed by atoms with Crippen molar-refractivity contribution in [3.63, 3.8) is 0 Å². The molecule has 8 heteroatoms. The lowest BCUT2D eigenvalue weighted by Gasteiger charge is -2.18. The van der Waals surface area contributed by atoms with Crippen LogP contribution in [0, 0.1) is 0 Å². The van der Waals surface area contributed by atoms with E-state index in [4.69, 9.17) is 42.1 Å². The van der Waals surface area contributed by atoms with Crippen molar-refractivity contribution >= 4 is 56.7 Å². The molecule has 0 heterocycles. The summed E-state index contributed by atoms with van der Waals surface area (Å²) < 4.78 is 22.3. The van der Waals surface area contributed by atoms with Crippen molar-refractivity contribution in [2.75, 3.05) is 26.4 Å². The van der Waals surface area contributed by atoms with Crippen LogP contribution >= 0.6 is 23.2 Å². The van der Waals surface area contributed by atoms with Gasteiger partial charge in [0.1, 0.15) is 11.5 Å². The molecular weight excluding hydrogens is 479 g/mol. The van der Waals surface area contributed by atoms with Gasteiger partial charge >= 0.3 is 11.9 Å². The molecule has 0 saturated carbocycles. The Morgan fingerprint density at radius 2 is 1.09 bits per heavy atom. The van der Waals surface area contributed by atoms with Crippen LogP contribution in [0.4, 0.5) is 0 Å². The van der Waals surface area contributed by atoms with E-state index in [2.05, 4.69) is 0 Å². The van der Waals surface area contributed by atoms with Crippen molar-refractivity contribution in [3.05, 3.63) is 46.4 Å². The van der Waals surface area contributed by atoms with Gasteiger partial charge in [-0.05, 0) is 49.2 Å². The number of carbonyl (C=O) groups is 2. The van der Waals surface area contributed by atoms with E-state index < -0.39 is 11.9 Å². The van der Waals surface area contributed by atoms with Crippen LogP contribution < -0.4 is 9.47 Å². The third-order valence-corrected chi connectivity index (χ3v) is 5.60. The number of benzene rings is 3. The summed E-state index contributed by atoms with van der Waals surface area (Å²) in [6, 6.07) is 10.5. The topological polar surface area (TPSA) is 71.1 Å². The minimum Gasteiger partial charge on any atom is -0.481 e. The fourth-order valence-electron chi connectivity index (χ4n) is 3.41. The van der Waals surface area contributed by atoms with E-state index >= 15 is 0 Å². The molecule has 0 N–H and O–H groups in total. The highest BCUT2D eigenvalue weighted by molar-refractivity contribution is 6.32. The maximum Gasteiger partial charge on any atom is 0.344 e. The molecule has 0 aliphatic carbocycles. The van der Waals surface area contributed by atoms with Crippen LogP contribution in [0.3, 0.4) is 0 Å². The number of fused-ring (bicyclic) bond motifs is 2. The first-order chi connectivity index (χ1) is 16.4. The summed E-state index contributed by atoms with van der Waals surface area (Å²) in [7, 11) is 0. The van der Waals surface area contributed by atoms with E-state index in [9.17, 15) is 9.59 Å². The van der Waals surface area contributed by atoms with Crippen molar-refractivity contribution in [1.82, 2.24) is 0 Å². The lowest BCUT2D eigenvalue weighted by atomic mass is 10.0. The molecule has 0 radical (unpaired) electrons. The molecule has 0 aliphatic rings. The van der Waals surface area contributed by atoms with E-state index in [0.717, 1.165) is 25.7 Å². The Kier molecular flexibility index (Phi) is 9.66. The minimum absolute atomic E-state index is 0.257. The summed E-state index contributed by atoms with van der Waals surface area (Å²) in [6.45, 7) is 4.23. The Hall–Kier alpha value is -2.70. The Bertz CT molecular complexity index is 1070. The van der Waals surface area contributed by atoms with Crippen LogP contribution in [0.2, 0.25) is 10.0 Å². The summed E-state index contributed by atoms with van der Waals surface area (Å²) in [6.07, 6.45) is 3.43. The first kappa shape index (κ1) is 25.9. The molecule has 0 atom stereocenters. The predicted molar refractivity (Wildman–Crippen MR) is 134 cm³/mol. The molecule has 0 fully saturated rings. The monoisotopic (exact) mass is 506 g/mol. The number of carbonyl (C=O) groups excluding carboxylic acids is 2. The van der Waals surface area contributed by atoms with Crippen molar-refractivity contribution in [1.29, 1.82) is 0 Å². The number of rotatable bonds is 12. The highest BCUT2D eigenvalue weighted by atomic mass is 35.5. The molecule has 0 saturated heterocycles. The average molecular weight is 507 g/mol. The number of esters is 2. The molecule has 3 aromatic rings. The zero-order valence-corrected chi connectivity index (χ0v) is 20.8. The zero-order chi connectivity index (χ0) is 24.5. The van der Waals surface area contributed by atoms with Gasteiger partial charge < -0.3 is 18.9 Å². The second kappa shape index (κ2) is 12.7. The maximum atomic E-state index is 12.2. The SMILES string of the molecule is CCCCOC(=O)COc1c2ccc(Cl)cc2c(OCC(=O)OCCCC)c2ccc(Cl)cc12. The Morgan fingerprint density at radius 3 is 1.47 bits per heavy atom. The average Bonchev–Trinajstić information content (AvgIpc) is 2.81. The van der Waals surface area contributed by atoms with Gasteiger partial charge in [0.15, 0.2) is 13.2 Å². The zero-order valence-electron chi connectivity index (χ0n) is 19.3. The molecule has 0 amide bonds. The quantitative estimate of drug-likeness (QED) is 0.154. The van der Waals surface area contributed by atoms with Gasteiger partial charge in [0.05, 0.1) is 13.2 Å². The normalized spacial score (nSPS) is 10.9. The molecule has 0 spiro atoms. The Balaban J connectivity index is 1.98. The van der Waals surface area contributed by atoms with Crippen molar-refractivity contribution < 1.29 is 28.5 Å². The predicted octanol–water partition coefficient (Wildman–Crippen LogP) is 6.74. The van der Waals surface area contributed by atoms with Crippen molar-refractivity contribution in [2.24, 2.45) is 0 Å². The molecule has 182 valence electrons. The van der Waals surface area contributed by atoms with E-state index in [1.165, 1.54) is 0 Å². The number of halogens is 2. The Morgan fingerprint density at radius 1 is 0.676 bits per heavy atom. The largest absolute Gasteiger partial charge is 0.481 e. The number of hydrogen-bond donors (Lipinski definition) is 0. The summed E-state index contributed by atoms with van der Waals surface area (Å²) in [5.41, 5.74) is 0. The molecule has 0 aromatic heterocycles. The molecule has 0 unspecified atom stereocenters. The van der Waals surface area contributed by atoms with Crippen LogP contribution in [0.25, 0.3) is 21.5 Å². The summed E-state index contributed by atoms with van der Waals surface area (Å²) in [5.74, 6) is -0.00857. The number of ether oxygens (including phenoxy) is 4. The lowest BCUT2D eigenvalue weighted by Crippen LogP contribution is -2.16. The highest BCUT2D eigenvalue weighted by Crippen LogP contribution is 2.44. The van der Waals surface area contributed by atoms with Crippen LogP contribution in [0.5, 0.6) is 11.5 Å². The van der Waals surface area contributed by atoms with Gasteiger partial charge in [0.25, 0.3) is 0 Å². The fourth-order valence-corrected chi connectivity index (χ4v) is 3.76. The van der Waals surface area contributed by atoms with Crippen LogP contribution in [-0.4, -0.2) is 38.4 Å². The van der Waals surface area contributed by atoms with Crippen molar-refractivity contribution in [2.45, 2.75) is 39.5 Å². The standard InChI is InChI=1S/C26H28Cl2O6/c1-3-5-11-31-23(29)15-33-25-19-9-7-18(28)14-22(19)26(20-10-8-17(27)13-21(20)25)34-16-24(30)32-12-6-4-2/h7-10,13-14H,3-6,11-12,15-16H2,1-2H3. The molecule has 0 bridgehead atoms. The summed E-state index contributed by atoms with van der Waals surface area (Å²) in [4.78, 5) is 24.3. The van der Waals surface area contributed by atoms with Gasteiger partial charge in [-0.15, -0.1) is 0 Å². The molecule has 3 rings (SSSR count). The van der Waals surface area contributed by atoms with Crippen LogP contribution in [-0.2, 0) is 19.1 Å². The van der Waals surface area contributed by atoms with Gasteiger partial charge in [-0.25, -0.2) is 9.59 Å². The number of hydrogen-bond acceptors (Lipinski definition) is 6. The highest BCUT2D eigenvalue weighted by Gasteiger charge is 2.19. The summed E-state index contributed by atoms with van der Waals surface area (Å²) in [5, 5.41) is 3.57. The van der Waals surface area contributed by atoms with Crippen molar-refractivity contribution in [3.8, 4) is 11.5 Å². The van der Waals surface area contributed by atoms with Gasteiger partial charge in [-0.2, -0.15) is 0 Å². The maximum absolute atomic E-state index is 12.2. The molecular formula is C26H28Cl2O6. The molecule has 0 aliphatic heterocycles. The van der Waals surface area contributed by atoms with E-state index in [0.29, 0.717) is 56.3 Å². The third-order valence-electron chi connectivity index (χ3n) is 5.13. The number of unbranched alkanes of at least 4 members (excludes halogenated alkanes) is 2. The molecule has 3 aromatic carbocycles.